The first-order valence-corrected chi connectivity index (χ1v) is 7.03. The SMILES string of the molecule is CC(=O)SC1CC(=O)N(Cc2cc(C)cc(F)c2)C1. The number of aryl methyl sites for hydroxylation is 1. The van der Waals surface area contributed by atoms with Crippen molar-refractivity contribution in [3.05, 3.63) is 35.1 Å². The van der Waals surface area contributed by atoms with E-state index in [1.807, 2.05) is 13.0 Å². The number of hydrogen-bond acceptors (Lipinski definition) is 3. The average Bonchev–Trinajstić information content (AvgIpc) is 2.56. The van der Waals surface area contributed by atoms with Gasteiger partial charge in [-0.05, 0) is 30.2 Å². The molecule has 0 spiro atoms. The molecule has 0 N–H and O–H groups in total. The normalized spacial score (nSPS) is 19.0. The fourth-order valence-corrected chi connectivity index (χ4v) is 3.28. The van der Waals surface area contributed by atoms with Crippen LogP contribution in [0.15, 0.2) is 18.2 Å². The van der Waals surface area contributed by atoms with E-state index in [1.165, 1.54) is 30.8 Å². The highest BCUT2D eigenvalue weighted by atomic mass is 32.2. The third-order valence-corrected chi connectivity index (χ3v) is 3.97. The van der Waals surface area contributed by atoms with Crippen molar-refractivity contribution < 1.29 is 14.0 Å². The van der Waals surface area contributed by atoms with Crippen molar-refractivity contribution >= 4 is 22.8 Å². The lowest BCUT2D eigenvalue weighted by Crippen LogP contribution is -2.25. The Balaban J connectivity index is 2.03. The van der Waals surface area contributed by atoms with E-state index >= 15 is 0 Å². The maximum atomic E-state index is 13.3. The molecule has 1 aliphatic heterocycles. The second kappa shape index (κ2) is 5.74. The molecule has 1 atom stereocenters. The topological polar surface area (TPSA) is 37.4 Å². The zero-order valence-corrected chi connectivity index (χ0v) is 11.8. The van der Waals surface area contributed by atoms with Crippen molar-refractivity contribution in [3.63, 3.8) is 0 Å². The van der Waals surface area contributed by atoms with Gasteiger partial charge >= 0.3 is 0 Å². The molecule has 2 rings (SSSR count). The van der Waals surface area contributed by atoms with E-state index in [1.54, 1.807) is 4.90 Å². The summed E-state index contributed by atoms with van der Waals surface area (Å²) in [6.45, 7) is 4.30. The molecule has 0 bridgehead atoms. The summed E-state index contributed by atoms with van der Waals surface area (Å²) in [5.74, 6) is -0.253. The molecule has 1 unspecified atom stereocenters. The Morgan fingerprint density at radius 2 is 2.21 bits per heavy atom. The van der Waals surface area contributed by atoms with Crippen LogP contribution in [0.2, 0.25) is 0 Å². The van der Waals surface area contributed by atoms with E-state index in [4.69, 9.17) is 0 Å². The van der Waals surface area contributed by atoms with Gasteiger partial charge in [0.2, 0.25) is 5.91 Å². The molecule has 5 heteroatoms. The minimum atomic E-state index is -0.281. The van der Waals surface area contributed by atoms with E-state index in [0.29, 0.717) is 19.5 Å². The smallest absolute Gasteiger partial charge is 0.224 e. The number of hydrogen-bond donors (Lipinski definition) is 0. The van der Waals surface area contributed by atoms with Gasteiger partial charge in [-0.2, -0.15) is 0 Å². The van der Waals surface area contributed by atoms with Crippen LogP contribution in [0.25, 0.3) is 0 Å². The van der Waals surface area contributed by atoms with Crippen LogP contribution in [0.4, 0.5) is 4.39 Å². The lowest BCUT2D eigenvalue weighted by atomic mass is 10.1. The molecule has 1 heterocycles. The molecule has 1 amide bonds. The molecule has 1 aromatic carbocycles. The number of thioether (sulfide) groups is 1. The molecule has 1 aliphatic rings. The second-order valence-corrected chi connectivity index (χ2v) is 6.32. The summed E-state index contributed by atoms with van der Waals surface area (Å²) in [6.07, 6.45) is 0.387. The van der Waals surface area contributed by atoms with Crippen molar-refractivity contribution in [3.8, 4) is 0 Å². The number of amides is 1. The van der Waals surface area contributed by atoms with Gasteiger partial charge in [0.1, 0.15) is 5.82 Å². The van der Waals surface area contributed by atoms with Crippen molar-refractivity contribution in [1.29, 1.82) is 0 Å². The fraction of sp³-hybridized carbons (Fsp3) is 0.429. The first-order valence-electron chi connectivity index (χ1n) is 6.15. The summed E-state index contributed by atoms with van der Waals surface area (Å²) in [6, 6.07) is 4.79. The molecule has 0 aromatic heterocycles. The van der Waals surface area contributed by atoms with Crippen LogP contribution in [-0.4, -0.2) is 27.7 Å². The standard InChI is InChI=1S/C14H16FNO2S/c1-9-3-11(5-12(15)4-9)7-16-8-13(6-14(16)18)19-10(2)17/h3-5,13H,6-8H2,1-2H3. The van der Waals surface area contributed by atoms with Gasteiger partial charge in [0.15, 0.2) is 5.12 Å². The molecule has 0 saturated carbocycles. The molecule has 1 fully saturated rings. The lowest BCUT2D eigenvalue weighted by molar-refractivity contribution is -0.128. The number of carbonyl (C=O) groups excluding carboxylic acids is 2. The molecule has 0 radical (unpaired) electrons. The maximum absolute atomic E-state index is 13.3. The van der Waals surface area contributed by atoms with Crippen LogP contribution in [0.5, 0.6) is 0 Å². The van der Waals surface area contributed by atoms with Crippen LogP contribution >= 0.6 is 11.8 Å². The van der Waals surface area contributed by atoms with E-state index < -0.39 is 0 Å². The molecule has 102 valence electrons. The Morgan fingerprint density at radius 3 is 2.84 bits per heavy atom. The lowest BCUT2D eigenvalue weighted by Gasteiger charge is -2.16. The van der Waals surface area contributed by atoms with Gasteiger partial charge in [-0.1, -0.05) is 17.8 Å². The van der Waals surface area contributed by atoms with E-state index in [0.717, 1.165) is 11.1 Å². The number of carbonyl (C=O) groups is 2. The Morgan fingerprint density at radius 1 is 1.47 bits per heavy atom. The summed E-state index contributed by atoms with van der Waals surface area (Å²) in [7, 11) is 0. The van der Waals surface area contributed by atoms with E-state index in [2.05, 4.69) is 0 Å². The highest BCUT2D eigenvalue weighted by Crippen LogP contribution is 2.25. The number of likely N-dealkylation sites (tertiary alicyclic amines) is 1. The average molecular weight is 281 g/mol. The Kier molecular flexibility index (Phi) is 4.24. The van der Waals surface area contributed by atoms with Gasteiger partial charge < -0.3 is 4.90 Å². The van der Waals surface area contributed by atoms with Crippen molar-refractivity contribution in [2.45, 2.75) is 32.1 Å². The summed E-state index contributed by atoms with van der Waals surface area (Å²) in [4.78, 5) is 24.6. The first-order chi connectivity index (χ1) is 8.94. The van der Waals surface area contributed by atoms with Crippen LogP contribution in [0.1, 0.15) is 24.5 Å². The molecular formula is C14H16FNO2S. The monoisotopic (exact) mass is 281 g/mol. The summed E-state index contributed by atoms with van der Waals surface area (Å²) < 4.78 is 13.3. The minimum Gasteiger partial charge on any atom is -0.337 e. The Labute approximate surface area is 116 Å². The number of rotatable bonds is 3. The fourth-order valence-electron chi connectivity index (χ4n) is 2.33. The predicted octanol–water partition coefficient (Wildman–Crippen LogP) is 2.51. The van der Waals surface area contributed by atoms with Crippen LogP contribution in [0, 0.1) is 12.7 Å². The van der Waals surface area contributed by atoms with Gasteiger partial charge in [-0.25, -0.2) is 4.39 Å². The van der Waals surface area contributed by atoms with Gasteiger partial charge in [-0.3, -0.25) is 9.59 Å². The van der Waals surface area contributed by atoms with Crippen molar-refractivity contribution in [1.82, 2.24) is 4.90 Å². The van der Waals surface area contributed by atoms with Crippen LogP contribution in [0.3, 0.4) is 0 Å². The number of nitrogens with zero attached hydrogens (tertiary/aromatic N) is 1. The van der Waals surface area contributed by atoms with Crippen molar-refractivity contribution in [2.75, 3.05) is 6.54 Å². The van der Waals surface area contributed by atoms with Crippen LogP contribution < -0.4 is 0 Å². The summed E-state index contributed by atoms with van der Waals surface area (Å²) in [5.41, 5.74) is 1.63. The molecule has 19 heavy (non-hydrogen) atoms. The Hall–Kier alpha value is -1.36. The molecular weight excluding hydrogens is 265 g/mol. The second-order valence-electron chi connectivity index (χ2n) is 4.85. The Bertz CT molecular complexity index is 498. The third kappa shape index (κ3) is 3.80. The predicted molar refractivity (Wildman–Crippen MR) is 73.2 cm³/mol. The van der Waals surface area contributed by atoms with E-state index in [9.17, 15) is 14.0 Å². The zero-order valence-electron chi connectivity index (χ0n) is 11.0. The van der Waals surface area contributed by atoms with Gasteiger partial charge in [0.25, 0.3) is 0 Å². The number of benzene rings is 1. The minimum absolute atomic E-state index is 0.0275. The van der Waals surface area contributed by atoms with Crippen LogP contribution in [-0.2, 0) is 16.1 Å². The van der Waals surface area contributed by atoms with E-state index in [-0.39, 0.29) is 22.1 Å². The van der Waals surface area contributed by atoms with Gasteiger partial charge in [0, 0.05) is 31.7 Å². The molecule has 0 aliphatic carbocycles. The molecule has 1 saturated heterocycles. The third-order valence-electron chi connectivity index (χ3n) is 2.99. The zero-order chi connectivity index (χ0) is 14.0. The first kappa shape index (κ1) is 14.1. The highest BCUT2D eigenvalue weighted by Gasteiger charge is 2.30. The van der Waals surface area contributed by atoms with Crippen molar-refractivity contribution in [2.24, 2.45) is 0 Å². The maximum Gasteiger partial charge on any atom is 0.224 e. The van der Waals surface area contributed by atoms with Gasteiger partial charge in [0.05, 0.1) is 0 Å². The quantitative estimate of drug-likeness (QED) is 0.854. The largest absolute Gasteiger partial charge is 0.337 e. The molecule has 3 nitrogen and oxygen atoms in total. The molecule has 1 aromatic rings. The summed E-state index contributed by atoms with van der Waals surface area (Å²) in [5, 5.41) is 0.0564. The van der Waals surface area contributed by atoms with Gasteiger partial charge in [-0.15, -0.1) is 0 Å². The summed E-state index contributed by atoms with van der Waals surface area (Å²) >= 11 is 1.21. The number of halogens is 1. The highest BCUT2D eigenvalue weighted by molar-refractivity contribution is 8.14.